The number of ether oxygens (including phenoxy) is 2. The average Bonchev–Trinajstić information content (AvgIpc) is 2.93. The van der Waals surface area contributed by atoms with Crippen LogP contribution in [-0.4, -0.2) is 32.8 Å². The Kier molecular flexibility index (Phi) is 5.09. The van der Waals surface area contributed by atoms with Gasteiger partial charge in [0.15, 0.2) is 0 Å². The molecule has 2 aliphatic rings. The number of carbonyl (C=O) groups is 1. The molecule has 1 saturated carbocycles. The van der Waals surface area contributed by atoms with Gasteiger partial charge < -0.3 is 14.8 Å². The predicted molar refractivity (Wildman–Crippen MR) is 92.2 cm³/mol. The molecule has 1 aliphatic carbocycles. The van der Waals surface area contributed by atoms with Crippen molar-refractivity contribution in [1.29, 1.82) is 0 Å². The molecule has 23 heavy (non-hydrogen) atoms. The minimum absolute atomic E-state index is 0.00647. The van der Waals surface area contributed by atoms with Crippen LogP contribution in [0.5, 0.6) is 0 Å². The van der Waals surface area contributed by atoms with E-state index in [1.807, 2.05) is 12.1 Å². The number of nitrogens with one attached hydrogen (secondary N) is 1. The molecule has 1 aromatic carbocycles. The summed E-state index contributed by atoms with van der Waals surface area (Å²) in [4.78, 5) is 11.6. The van der Waals surface area contributed by atoms with Crippen LogP contribution in [0.4, 0.5) is 0 Å². The number of hydrogen-bond acceptors (Lipinski definition) is 4. The van der Waals surface area contributed by atoms with Gasteiger partial charge in [-0.15, -0.1) is 0 Å². The second kappa shape index (κ2) is 6.91. The van der Waals surface area contributed by atoms with Gasteiger partial charge in [0.25, 0.3) is 0 Å². The Morgan fingerprint density at radius 2 is 2.22 bits per heavy atom. The number of benzene rings is 1. The maximum absolute atomic E-state index is 11.6. The molecular formula is C18H24BrNO3. The number of carbonyl (C=O) groups excluding carboxylic acids is 1. The van der Waals surface area contributed by atoms with Crippen LogP contribution >= 0.6 is 15.9 Å². The van der Waals surface area contributed by atoms with Crippen molar-refractivity contribution in [3.63, 3.8) is 0 Å². The Morgan fingerprint density at radius 1 is 1.35 bits per heavy atom. The predicted octanol–water partition coefficient (Wildman–Crippen LogP) is 3.39. The van der Waals surface area contributed by atoms with Crippen molar-refractivity contribution in [2.24, 2.45) is 5.41 Å². The van der Waals surface area contributed by atoms with E-state index in [2.05, 4.69) is 33.4 Å². The summed E-state index contributed by atoms with van der Waals surface area (Å²) in [7, 11) is 1.40. The normalized spacial score (nSPS) is 30.5. The highest BCUT2D eigenvalue weighted by Gasteiger charge is 2.50. The van der Waals surface area contributed by atoms with Gasteiger partial charge in [-0.05, 0) is 61.8 Å². The third-order valence-electron chi connectivity index (χ3n) is 5.33. The molecule has 3 rings (SSSR count). The molecule has 1 aromatic rings. The van der Waals surface area contributed by atoms with Gasteiger partial charge in [-0.2, -0.15) is 0 Å². The highest BCUT2D eigenvalue weighted by molar-refractivity contribution is 9.10. The van der Waals surface area contributed by atoms with Crippen molar-refractivity contribution in [1.82, 2.24) is 5.32 Å². The SMILES string of the molecule is COC(=O)COC1(c2cccc(Br)c2)CCC2(CCCNC2)C1. The Bertz CT molecular complexity index is 571. The Morgan fingerprint density at radius 3 is 2.91 bits per heavy atom. The zero-order chi connectivity index (χ0) is 16.3. The molecule has 0 radical (unpaired) electrons. The molecule has 1 saturated heterocycles. The Balaban J connectivity index is 1.87. The van der Waals surface area contributed by atoms with E-state index >= 15 is 0 Å². The van der Waals surface area contributed by atoms with Crippen LogP contribution in [0.25, 0.3) is 0 Å². The lowest BCUT2D eigenvalue weighted by molar-refractivity contribution is -0.154. The Hall–Kier alpha value is -0.910. The highest BCUT2D eigenvalue weighted by Crippen LogP contribution is 2.54. The van der Waals surface area contributed by atoms with E-state index in [1.165, 1.54) is 20.0 Å². The molecule has 4 nitrogen and oxygen atoms in total. The molecule has 1 N–H and O–H groups in total. The highest BCUT2D eigenvalue weighted by atomic mass is 79.9. The fraction of sp³-hybridized carbons (Fsp3) is 0.611. The third-order valence-corrected chi connectivity index (χ3v) is 5.82. The molecule has 0 aromatic heterocycles. The summed E-state index contributed by atoms with van der Waals surface area (Å²) in [6.45, 7) is 2.16. The van der Waals surface area contributed by atoms with Crippen LogP contribution in [-0.2, 0) is 19.9 Å². The van der Waals surface area contributed by atoms with Gasteiger partial charge in [-0.25, -0.2) is 4.79 Å². The van der Waals surface area contributed by atoms with Crippen molar-refractivity contribution in [2.75, 3.05) is 26.8 Å². The third kappa shape index (κ3) is 3.62. The van der Waals surface area contributed by atoms with Crippen molar-refractivity contribution < 1.29 is 14.3 Å². The van der Waals surface area contributed by atoms with E-state index in [1.54, 1.807) is 0 Å². The minimum Gasteiger partial charge on any atom is -0.467 e. The van der Waals surface area contributed by atoms with E-state index in [-0.39, 0.29) is 18.0 Å². The molecule has 1 heterocycles. The zero-order valence-corrected chi connectivity index (χ0v) is 15.2. The van der Waals surface area contributed by atoms with E-state index in [0.717, 1.165) is 42.4 Å². The van der Waals surface area contributed by atoms with Crippen LogP contribution < -0.4 is 5.32 Å². The smallest absolute Gasteiger partial charge is 0.331 e. The zero-order valence-electron chi connectivity index (χ0n) is 13.6. The first-order valence-electron chi connectivity index (χ1n) is 8.25. The summed E-state index contributed by atoms with van der Waals surface area (Å²) in [6.07, 6.45) is 5.49. The van der Waals surface area contributed by atoms with Crippen molar-refractivity contribution >= 4 is 21.9 Å². The molecule has 2 unspecified atom stereocenters. The molecule has 5 heteroatoms. The fourth-order valence-corrected chi connectivity index (χ4v) is 4.52. The molecule has 0 amide bonds. The molecule has 2 atom stereocenters. The average molecular weight is 382 g/mol. The van der Waals surface area contributed by atoms with Gasteiger partial charge >= 0.3 is 5.97 Å². The summed E-state index contributed by atoms with van der Waals surface area (Å²) < 4.78 is 12.0. The van der Waals surface area contributed by atoms with E-state index in [9.17, 15) is 4.79 Å². The lowest BCUT2D eigenvalue weighted by atomic mass is 9.77. The molecule has 1 aliphatic heterocycles. The standard InChI is InChI=1S/C18H24BrNO3/c1-22-16(21)11-23-18(14-4-2-5-15(19)10-14)8-7-17(12-18)6-3-9-20-13-17/h2,4-5,10,20H,3,6-9,11-13H2,1H3. The fourth-order valence-electron chi connectivity index (χ4n) is 4.13. The summed E-state index contributed by atoms with van der Waals surface area (Å²) in [6, 6.07) is 8.28. The molecule has 0 bridgehead atoms. The van der Waals surface area contributed by atoms with Crippen LogP contribution in [0.2, 0.25) is 0 Å². The molecular weight excluding hydrogens is 358 g/mol. The number of rotatable bonds is 4. The van der Waals surface area contributed by atoms with Crippen LogP contribution in [0, 0.1) is 5.41 Å². The number of piperidine rings is 1. The second-order valence-corrected chi connectivity index (χ2v) is 7.74. The topological polar surface area (TPSA) is 47.6 Å². The number of halogens is 1. The maximum Gasteiger partial charge on any atom is 0.331 e. The summed E-state index contributed by atoms with van der Waals surface area (Å²) in [5.41, 5.74) is 1.05. The van der Waals surface area contributed by atoms with E-state index in [4.69, 9.17) is 9.47 Å². The first kappa shape index (κ1) is 16.9. The van der Waals surface area contributed by atoms with Gasteiger partial charge in [-0.1, -0.05) is 28.1 Å². The van der Waals surface area contributed by atoms with Crippen molar-refractivity contribution in [3.8, 4) is 0 Å². The molecule has 126 valence electrons. The van der Waals surface area contributed by atoms with E-state index < -0.39 is 5.60 Å². The van der Waals surface area contributed by atoms with Gasteiger partial charge in [0, 0.05) is 11.0 Å². The second-order valence-electron chi connectivity index (χ2n) is 6.83. The monoisotopic (exact) mass is 381 g/mol. The van der Waals surface area contributed by atoms with Crippen LogP contribution in [0.1, 0.15) is 37.7 Å². The summed E-state index contributed by atoms with van der Waals surface area (Å²) in [5, 5.41) is 3.54. The first-order valence-corrected chi connectivity index (χ1v) is 9.04. The first-order chi connectivity index (χ1) is 11.1. The van der Waals surface area contributed by atoms with Gasteiger partial charge in [0.1, 0.15) is 6.61 Å². The number of esters is 1. The van der Waals surface area contributed by atoms with Crippen molar-refractivity contribution in [2.45, 2.75) is 37.7 Å². The van der Waals surface area contributed by atoms with Crippen LogP contribution in [0.15, 0.2) is 28.7 Å². The molecule has 2 fully saturated rings. The minimum atomic E-state index is -0.392. The number of methoxy groups -OCH3 is 1. The Labute approximate surface area is 146 Å². The maximum atomic E-state index is 11.6. The van der Waals surface area contributed by atoms with E-state index in [0.29, 0.717) is 0 Å². The number of hydrogen-bond donors (Lipinski definition) is 1. The van der Waals surface area contributed by atoms with Gasteiger partial charge in [0.2, 0.25) is 0 Å². The van der Waals surface area contributed by atoms with Gasteiger partial charge in [-0.3, -0.25) is 0 Å². The van der Waals surface area contributed by atoms with Crippen molar-refractivity contribution in [3.05, 3.63) is 34.3 Å². The lowest BCUT2D eigenvalue weighted by Gasteiger charge is -2.37. The summed E-state index contributed by atoms with van der Waals surface area (Å²) in [5.74, 6) is -0.318. The largest absolute Gasteiger partial charge is 0.467 e. The molecule has 1 spiro atoms. The quantitative estimate of drug-likeness (QED) is 0.812. The van der Waals surface area contributed by atoms with Gasteiger partial charge in [0.05, 0.1) is 12.7 Å². The summed E-state index contributed by atoms with van der Waals surface area (Å²) >= 11 is 3.56. The van der Waals surface area contributed by atoms with Crippen LogP contribution in [0.3, 0.4) is 0 Å². The lowest BCUT2D eigenvalue weighted by Crippen LogP contribution is -2.40.